The normalized spacial score (nSPS) is 14.8. The molecule has 6 heteroatoms. The third kappa shape index (κ3) is 8.47. The van der Waals surface area contributed by atoms with E-state index in [4.69, 9.17) is 18.9 Å². The second-order valence-electron chi connectivity index (χ2n) is 4.72. The molecule has 0 atom stereocenters. The molecule has 1 fully saturated rings. The van der Waals surface area contributed by atoms with Gasteiger partial charge in [0.2, 0.25) is 0 Å². The lowest BCUT2D eigenvalue weighted by Gasteiger charge is -2.20. The number of esters is 1. The van der Waals surface area contributed by atoms with Gasteiger partial charge in [-0.2, -0.15) is 0 Å². The summed E-state index contributed by atoms with van der Waals surface area (Å²) in [5, 5.41) is 0. The van der Waals surface area contributed by atoms with Crippen LogP contribution in [-0.2, 0) is 23.7 Å². The van der Waals surface area contributed by atoms with E-state index in [-0.39, 0.29) is 5.97 Å². The largest absolute Gasteiger partial charge is 0.465 e. The number of carbonyl (C=O) groups excluding carboxylic acids is 1. The van der Waals surface area contributed by atoms with E-state index in [1.54, 1.807) is 7.11 Å². The van der Waals surface area contributed by atoms with E-state index in [1.807, 2.05) is 6.92 Å². The van der Waals surface area contributed by atoms with Crippen LogP contribution in [0.15, 0.2) is 0 Å². The van der Waals surface area contributed by atoms with E-state index in [2.05, 4.69) is 4.90 Å². The quantitative estimate of drug-likeness (QED) is 0.367. The van der Waals surface area contributed by atoms with Gasteiger partial charge in [0.1, 0.15) is 0 Å². The molecule has 118 valence electrons. The molecule has 0 aromatic carbocycles. The monoisotopic (exact) mass is 289 g/mol. The first-order valence-electron chi connectivity index (χ1n) is 7.32. The summed E-state index contributed by atoms with van der Waals surface area (Å²) >= 11 is 0. The molecular weight excluding hydrogens is 262 g/mol. The molecule has 0 amide bonds. The van der Waals surface area contributed by atoms with E-state index in [1.165, 1.54) is 12.8 Å². The van der Waals surface area contributed by atoms with Gasteiger partial charge in [-0.25, -0.2) is 0 Å². The lowest BCUT2D eigenvalue weighted by molar-refractivity contribution is -0.144. The summed E-state index contributed by atoms with van der Waals surface area (Å²) in [4.78, 5) is 13.6. The standard InChI is InChI=1S/C14H27NO5/c1-3-20-14(16)12-15(13-4-5-13)6-7-18-10-11-19-9-8-17-2/h13H,3-12H2,1-2H3. The zero-order chi connectivity index (χ0) is 14.6. The second kappa shape index (κ2) is 11.0. The zero-order valence-corrected chi connectivity index (χ0v) is 12.6. The molecule has 0 heterocycles. The first kappa shape index (κ1) is 17.4. The summed E-state index contributed by atoms with van der Waals surface area (Å²) in [5.74, 6) is -0.151. The lowest BCUT2D eigenvalue weighted by atomic mass is 10.4. The topological polar surface area (TPSA) is 57.2 Å². The smallest absolute Gasteiger partial charge is 0.320 e. The highest BCUT2D eigenvalue weighted by atomic mass is 16.5. The van der Waals surface area contributed by atoms with Gasteiger partial charge in [-0.3, -0.25) is 9.69 Å². The first-order valence-corrected chi connectivity index (χ1v) is 7.32. The summed E-state index contributed by atoms with van der Waals surface area (Å²) < 4.78 is 20.7. The van der Waals surface area contributed by atoms with Gasteiger partial charge in [-0.15, -0.1) is 0 Å². The van der Waals surface area contributed by atoms with Gasteiger partial charge in [-0.05, 0) is 19.8 Å². The van der Waals surface area contributed by atoms with Crippen molar-refractivity contribution in [1.82, 2.24) is 4.90 Å². The molecule has 0 unspecified atom stereocenters. The van der Waals surface area contributed by atoms with Crippen LogP contribution < -0.4 is 0 Å². The van der Waals surface area contributed by atoms with Crippen LogP contribution in [-0.4, -0.2) is 76.8 Å². The number of nitrogens with zero attached hydrogens (tertiary/aromatic N) is 1. The number of hydrogen-bond donors (Lipinski definition) is 0. The molecule has 1 saturated carbocycles. The van der Waals surface area contributed by atoms with Gasteiger partial charge < -0.3 is 18.9 Å². The molecule has 1 rings (SSSR count). The van der Waals surface area contributed by atoms with Crippen molar-refractivity contribution in [2.75, 3.05) is 59.8 Å². The number of hydrogen-bond acceptors (Lipinski definition) is 6. The third-order valence-electron chi connectivity index (χ3n) is 3.03. The lowest BCUT2D eigenvalue weighted by Crippen LogP contribution is -2.35. The van der Waals surface area contributed by atoms with E-state index in [0.29, 0.717) is 52.2 Å². The van der Waals surface area contributed by atoms with Crippen LogP contribution in [0, 0.1) is 0 Å². The van der Waals surface area contributed by atoms with Gasteiger partial charge >= 0.3 is 5.97 Å². The highest BCUT2D eigenvalue weighted by Crippen LogP contribution is 2.26. The van der Waals surface area contributed by atoms with Gasteiger partial charge in [0.25, 0.3) is 0 Å². The average molecular weight is 289 g/mol. The van der Waals surface area contributed by atoms with Crippen molar-refractivity contribution in [3.05, 3.63) is 0 Å². The Morgan fingerprint density at radius 3 is 2.35 bits per heavy atom. The van der Waals surface area contributed by atoms with Crippen molar-refractivity contribution in [3.8, 4) is 0 Å². The van der Waals surface area contributed by atoms with Gasteiger partial charge in [-0.1, -0.05) is 0 Å². The van der Waals surface area contributed by atoms with Gasteiger partial charge in [0.05, 0.1) is 46.2 Å². The van der Waals surface area contributed by atoms with Gasteiger partial charge in [0.15, 0.2) is 0 Å². The Kier molecular flexibility index (Phi) is 9.57. The highest BCUT2D eigenvalue weighted by Gasteiger charge is 2.30. The maximum atomic E-state index is 11.5. The van der Waals surface area contributed by atoms with Crippen LogP contribution >= 0.6 is 0 Å². The molecule has 0 N–H and O–H groups in total. The minimum Gasteiger partial charge on any atom is -0.465 e. The van der Waals surface area contributed by atoms with Crippen molar-refractivity contribution in [3.63, 3.8) is 0 Å². The Morgan fingerprint density at radius 1 is 1.10 bits per heavy atom. The van der Waals surface area contributed by atoms with Crippen LogP contribution in [0.25, 0.3) is 0 Å². The Hall–Kier alpha value is -0.690. The number of ether oxygens (including phenoxy) is 4. The summed E-state index contributed by atoms with van der Waals surface area (Å²) in [5.41, 5.74) is 0. The Bertz CT molecular complexity index is 258. The molecule has 0 radical (unpaired) electrons. The maximum Gasteiger partial charge on any atom is 0.320 e. The van der Waals surface area contributed by atoms with Crippen molar-refractivity contribution >= 4 is 5.97 Å². The molecular formula is C14H27NO5. The third-order valence-corrected chi connectivity index (χ3v) is 3.03. The van der Waals surface area contributed by atoms with Crippen molar-refractivity contribution < 1.29 is 23.7 Å². The molecule has 1 aliphatic carbocycles. The number of rotatable bonds is 13. The van der Waals surface area contributed by atoms with E-state index in [0.717, 1.165) is 6.54 Å². The van der Waals surface area contributed by atoms with E-state index >= 15 is 0 Å². The number of methoxy groups -OCH3 is 1. The Balaban J connectivity index is 2.00. The molecule has 1 aliphatic rings. The molecule has 0 aromatic rings. The Labute approximate surface area is 121 Å². The molecule has 6 nitrogen and oxygen atoms in total. The predicted molar refractivity (Wildman–Crippen MR) is 74.7 cm³/mol. The van der Waals surface area contributed by atoms with Crippen LogP contribution in [0.4, 0.5) is 0 Å². The fraction of sp³-hybridized carbons (Fsp3) is 0.929. The molecule has 0 spiro atoms. The highest BCUT2D eigenvalue weighted by molar-refractivity contribution is 5.71. The predicted octanol–water partition coefficient (Wildman–Crippen LogP) is 0.694. The molecule has 0 aliphatic heterocycles. The van der Waals surface area contributed by atoms with Crippen LogP contribution in [0.1, 0.15) is 19.8 Å². The summed E-state index contributed by atoms with van der Waals surface area (Å²) in [6.07, 6.45) is 2.33. The molecule has 0 bridgehead atoms. The van der Waals surface area contributed by atoms with Crippen molar-refractivity contribution in [2.45, 2.75) is 25.8 Å². The fourth-order valence-corrected chi connectivity index (χ4v) is 1.85. The summed E-state index contributed by atoms with van der Waals surface area (Å²) in [6, 6.07) is 0.529. The second-order valence-corrected chi connectivity index (χ2v) is 4.72. The van der Waals surface area contributed by atoms with Crippen LogP contribution in [0.2, 0.25) is 0 Å². The van der Waals surface area contributed by atoms with Crippen LogP contribution in [0.3, 0.4) is 0 Å². The first-order chi connectivity index (χ1) is 9.77. The van der Waals surface area contributed by atoms with E-state index < -0.39 is 0 Å². The minimum atomic E-state index is -0.151. The van der Waals surface area contributed by atoms with Crippen molar-refractivity contribution in [1.29, 1.82) is 0 Å². The average Bonchev–Trinajstić information content (AvgIpc) is 3.25. The van der Waals surface area contributed by atoms with Crippen molar-refractivity contribution in [2.24, 2.45) is 0 Å². The summed E-state index contributed by atoms with van der Waals surface area (Å²) in [6.45, 7) is 6.36. The molecule has 0 saturated heterocycles. The van der Waals surface area contributed by atoms with E-state index in [9.17, 15) is 4.79 Å². The number of carbonyl (C=O) groups is 1. The minimum absolute atomic E-state index is 0.151. The fourth-order valence-electron chi connectivity index (χ4n) is 1.85. The molecule has 0 aromatic heterocycles. The molecule has 20 heavy (non-hydrogen) atoms. The maximum absolute atomic E-state index is 11.5. The van der Waals surface area contributed by atoms with Gasteiger partial charge in [0, 0.05) is 19.7 Å². The summed E-state index contributed by atoms with van der Waals surface area (Å²) in [7, 11) is 1.65. The SMILES string of the molecule is CCOC(=O)CN(CCOCCOCCOC)C1CC1. The van der Waals surface area contributed by atoms with Crippen LogP contribution in [0.5, 0.6) is 0 Å². The Morgan fingerprint density at radius 2 is 1.75 bits per heavy atom. The zero-order valence-electron chi connectivity index (χ0n) is 12.6.